The summed E-state index contributed by atoms with van der Waals surface area (Å²) in [4.78, 5) is 0. The Morgan fingerprint density at radius 1 is 1.57 bits per heavy atom. The number of aryl methyl sites for hydroxylation is 1. The second-order valence-electron chi connectivity index (χ2n) is 4.02. The Morgan fingerprint density at radius 3 is 2.93 bits per heavy atom. The van der Waals surface area contributed by atoms with E-state index in [0.29, 0.717) is 5.92 Å². The van der Waals surface area contributed by atoms with Crippen molar-refractivity contribution in [2.45, 2.75) is 37.7 Å². The maximum Gasteiger partial charge on any atom is 0.0820 e. The first kappa shape index (κ1) is 9.99. The van der Waals surface area contributed by atoms with Gasteiger partial charge in [-0.25, -0.2) is 0 Å². The van der Waals surface area contributed by atoms with Gasteiger partial charge in [0.25, 0.3) is 0 Å². The van der Waals surface area contributed by atoms with Crippen LogP contribution < -0.4 is 0 Å². The summed E-state index contributed by atoms with van der Waals surface area (Å²) < 4.78 is 1.82. The molecule has 0 bridgehead atoms. The molecule has 4 heteroatoms. The van der Waals surface area contributed by atoms with Crippen molar-refractivity contribution >= 4 is 11.6 Å². The lowest BCUT2D eigenvalue weighted by Crippen LogP contribution is -2.20. The first-order valence-electron chi connectivity index (χ1n) is 5.04. The van der Waals surface area contributed by atoms with Crippen LogP contribution in [0, 0.1) is 0 Å². The van der Waals surface area contributed by atoms with Gasteiger partial charge in [0.05, 0.1) is 23.0 Å². The molecular formula is C10H15ClN2O. The van der Waals surface area contributed by atoms with E-state index in [1.165, 1.54) is 0 Å². The van der Waals surface area contributed by atoms with E-state index in [0.717, 1.165) is 36.4 Å². The molecule has 1 fully saturated rings. The fourth-order valence-electron chi connectivity index (χ4n) is 2.29. The molecule has 0 aromatic carbocycles. The normalized spacial score (nSPS) is 27.9. The molecule has 1 aliphatic carbocycles. The maximum atomic E-state index is 9.59. The molecule has 1 saturated carbocycles. The smallest absolute Gasteiger partial charge is 0.0820 e. The van der Waals surface area contributed by atoms with Gasteiger partial charge < -0.3 is 5.11 Å². The van der Waals surface area contributed by atoms with Crippen LogP contribution in [0.3, 0.4) is 0 Å². The van der Waals surface area contributed by atoms with Gasteiger partial charge in [0, 0.05) is 13.0 Å². The van der Waals surface area contributed by atoms with Crippen LogP contribution in [0.25, 0.3) is 0 Å². The van der Waals surface area contributed by atoms with E-state index in [1.807, 2.05) is 11.7 Å². The first-order chi connectivity index (χ1) is 6.68. The summed E-state index contributed by atoms with van der Waals surface area (Å²) in [6, 6.07) is 0. The van der Waals surface area contributed by atoms with Crippen LogP contribution in [0.2, 0.25) is 5.02 Å². The molecule has 1 aliphatic rings. The van der Waals surface area contributed by atoms with Gasteiger partial charge in [-0.05, 0) is 19.3 Å². The minimum atomic E-state index is -0.167. The zero-order valence-corrected chi connectivity index (χ0v) is 9.04. The molecule has 1 aromatic heterocycles. The average molecular weight is 215 g/mol. The molecule has 0 saturated heterocycles. The summed E-state index contributed by atoms with van der Waals surface area (Å²) in [5.41, 5.74) is 1.07. The van der Waals surface area contributed by atoms with Gasteiger partial charge in [-0.15, -0.1) is 0 Å². The van der Waals surface area contributed by atoms with Crippen LogP contribution in [0.15, 0.2) is 6.20 Å². The van der Waals surface area contributed by atoms with E-state index >= 15 is 0 Å². The second-order valence-corrected chi connectivity index (χ2v) is 4.43. The highest BCUT2D eigenvalue weighted by Crippen LogP contribution is 2.35. The van der Waals surface area contributed by atoms with Crippen molar-refractivity contribution in [1.29, 1.82) is 0 Å². The highest BCUT2D eigenvalue weighted by atomic mass is 35.5. The summed E-state index contributed by atoms with van der Waals surface area (Å²) in [7, 11) is 1.90. The minimum Gasteiger partial charge on any atom is -0.393 e. The Balaban J connectivity index is 2.21. The van der Waals surface area contributed by atoms with Crippen molar-refractivity contribution in [1.82, 2.24) is 9.78 Å². The Hall–Kier alpha value is -0.540. The molecule has 1 N–H and O–H groups in total. The molecule has 2 unspecified atom stereocenters. The number of hydrogen-bond acceptors (Lipinski definition) is 2. The highest BCUT2D eigenvalue weighted by Gasteiger charge is 2.25. The Kier molecular flexibility index (Phi) is 2.79. The molecule has 0 amide bonds. The topological polar surface area (TPSA) is 38.0 Å². The van der Waals surface area contributed by atoms with Crippen LogP contribution in [0.1, 0.15) is 37.3 Å². The largest absolute Gasteiger partial charge is 0.393 e. The lowest BCUT2D eigenvalue weighted by molar-refractivity contribution is 0.118. The van der Waals surface area contributed by atoms with E-state index in [-0.39, 0.29) is 6.10 Å². The monoisotopic (exact) mass is 214 g/mol. The van der Waals surface area contributed by atoms with E-state index in [9.17, 15) is 5.11 Å². The van der Waals surface area contributed by atoms with Crippen LogP contribution >= 0.6 is 11.6 Å². The first-order valence-corrected chi connectivity index (χ1v) is 5.41. The summed E-state index contributed by atoms with van der Waals surface area (Å²) in [6.07, 6.45) is 5.44. The fraction of sp³-hybridized carbons (Fsp3) is 0.700. The molecule has 0 aliphatic heterocycles. The van der Waals surface area contributed by atoms with Crippen molar-refractivity contribution in [2.24, 2.45) is 7.05 Å². The van der Waals surface area contributed by atoms with Crippen molar-refractivity contribution in [3.8, 4) is 0 Å². The Labute approximate surface area is 88.7 Å². The predicted octanol–water partition coefficient (Wildman–Crippen LogP) is 2.09. The molecule has 2 atom stereocenters. The van der Waals surface area contributed by atoms with Crippen molar-refractivity contribution < 1.29 is 5.11 Å². The second kappa shape index (κ2) is 3.91. The third-order valence-electron chi connectivity index (χ3n) is 2.97. The van der Waals surface area contributed by atoms with Crippen molar-refractivity contribution in [2.75, 3.05) is 0 Å². The van der Waals surface area contributed by atoms with Crippen molar-refractivity contribution in [3.63, 3.8) is 0 Å². The van der Waals surface area contributed by atoms with E-state index in [2.05, 4.69) is 5.10 Å². The van der Waals surface area contributed by atoms with Gasteiger partial charge in [0.2, 0.25) is 0 Å². The number of aliphatic hydroxyl groups is 1. The summed E-state index contributed by atoms with van der Waals surface area (Å²) in [5, 5.41) is 14.4. The molecule has 3 nitrogen and oxygen atoms in total. The highest BCUT2D eigenvalue weighted by molar-refractivity contribution is 6.31. The molecule has 14 heavy (non-hydrogen) atoms. The van der Waals surface area contributed by atoms with Gasteiger partial charge in [-0.1, -0.05) is 18.0 Å². The van der Waals surface area contributed by atoms with Gasteiger partial charge >= 0.3 is 0 Å². The zero-order valence-electron chi connectivity index (χ0n) is 8.28. The summed E-state index contributed by atoms with van der Waals surface area (Å²) in [6.45, 7) is 0. The van der Waals surface area contributed by atoms with Gasteiger partial charge in [-0.2, -0.15) is 5.10 Å². The molecule has 1 heterocycles. The van der Waals surface area contributed by atoms with Crippen LogP contribution in [-0.4, -0.2) is 21.0 Å². The minimum absolute atomic E-state index is 0.167. The number of aliphatic hydroxyl groups excluding tert-OH is 1. The lowest BCUT2D eigenvalue weighted by Gasteiger charge is -2.26. The van der Waals surface area contributed by atoms with Crippen molar-refractivity contribution in [3.05, 3.63) is 16.9 Å². The van der Waals surface area contributed by atoms with E-state index in [4.69, 9.17) is 11.6 Å². The molecular weight excluding hydrogens is 200 g/mol. The molecule has 2 rings (SSSR count). The van der Waals surface area contributed by atoms with Crippen LogP contribution in [0.4, 0.5) is 0 Å². The number of rotatable bonds is 1. The number of hydrogen-bond donors (Lipinski definition) is 1. The maximum absolute atomic E-state index is 9.59. The Morgan fingerprint density at radius 2 is 2.36 bits per heavy atom. The predicted molar refractivity (Wildman–Crippen MR) is 55.4 cm³/mol. The quantitative estimate of drug-likeness (QED) is 0.778. The number of halogens is 1. The van der Waals surface area contributed by atoms with Gasteiger partial charge in [0.15, 0.2) is 0 Å². The van der Waals surface area contributed by atoms with Gasteiger partial charge in [-0.3, -0.25) is 4.68 Å². The van der Waals surface area contributed by atoms with E-state index in [1.54, 1.807) is 6.20 Å². The van der Waals surface area contributed by atoms with Gasteiger partial charge in [0.1, 0.15) is 0 Å². The molecule has 0 radical (unpaired) electrons. The van der Waals surface area contributed by atoms with E-state index < -0.39 is 0 Å². The SMILES string of the molecule is Cn1ncc(Cl)c1C1CCCC(O)C1. The summed E-state index contributed by atoms with van der Waals surface area (Å²) >= 11 is 6.06. The third kappa shape index (κ3) is 1.79. The number of aromatic nitrogens is 2. The fourth-order valence-corrected chi connectivity index (χ4v) is 2.61. The standard InChI is InChI=1S/C10H15ClN2O/c1-13-10(9(11)6-12-13)7-3-2-4-8(14)5-7/h6-8,14H,2-5H2,1H3. The lowest BCUT2D eigenvalue weighted by atomic mass is 9.85. The third-order valence-corrected chi connectivity index (χ3v) is 3.26. The molecule has 1 aromatic rings. The van der Waals surface area contributed by atoms with Crippen LogP contribution in [-0.2, 0) is 7.05 Å². The zero-order chi connectivity index (χ0) is 10.1. The number of nitrogens with zero attached hydrogens (tertiary/aromatic N) is 2. The van der Waals surface area contributed by atoms with Crippen LogP contribution in [0.5, 0.6) is 0 Å². The molecule has 78 valence electrons. The summed E-state index contributed by atoms with van der Waals surface area (Å²) in [5.74, 6) is 0.374. The average Bonchev–Trinajstić information content (AvgIpc) is 2.46. The Bertz CT molecular complexity index is 304. The molecule has 0 spiro atoms.